The van der Waals surface area contributed by atoms with Gasteiger partial charge in [-0.2, -0.15) is 10.6 Å². The minimum Gasteiger partial charge on any atom is -0.295 e. The lowest BCUT2D eigenvalue weighted by molar-refractivity contribution is 0.495. The van der Waals surface area contributed by atoms with Crippen molar-refractivity contribution in [3.8, 4) is 0 Å². The van der Waals surface area contributed by atoms with Gasteiger partial charge in [0.15, 0.2) is 0 Å². The summed E-state index contributed by atoms with van der Waals surface area (Å²) >= 11 is 5.61. The van der Waals surface area contributed by atoms with Crippen molar-refractivity contribution >= 4 is 22.2 Å². The zero-order chi connectivity index (χ0) is 8.48. The van der Waals surface area contributed by atoms with Crippen molar-refractivity contribution in [2.24, 2.45) is 0 Å². The normalized spacial score (nSPS) is 13.1. The van der Waals surface area contributed by atoms with Crippen LogP contribution in [-0.2, 0) is 0 Å². The molecule has 1 rings (SSSR count). The standard InChI is InChI=1S/C7H9ClO2S/c1-11(9,10)7-4-2-6(8)3-5-7/h2-5,9-10H,1H3. The first-order valence-corrected chi connectivity index (χ1v) is 5.32. The molecule has 1 aromatic rings. The van der Waals surface area contributed by atoms with Crippen molar-refractivity contribution in [3.63, 3.8) is 0 Å². The molecule has 0 unspecified atom stereocenters. The van der Waals surface area contributed by atoms with E-state index in [9.17, 15) is 9.11 Å². The van der Waals surface area contributed by atoms with Gasteiger partial charge < -0.3 is 0 Å². The van der Waals surface area contributed by atoms with Gasteiger partial charge in [0, 0.05) is 11.3 Å². The van der Waals surface area contributed by atoms with Crippen LogP contribution in [0.15, 0.2) is 29.2 Å². The van der Waals surface area contributed by atoms with Crippen LogP contribution in [0.2, 0.25) is 5.02 Å². The van der Waals surface area contributed by atoms with Crippen molar-refractivity contribution in [2.45, 2.75) is 4.90 Å². The highest BCUT2D eigenvalue weighted by Gasteiger charge is 2.06. The maximum absolute atomic E-state index is 9.18. The molecule has 0 saturated carbocycles. The summed E-state index contributed by atoms with van der Waals surface area (Å²) in [6.07, 6.45) is 1.39. The second-order valence-electron chi connectivity index (χ2n) is 2.29. The highest BCUT2D eigenvalue weighted by Crippen LogP contribution is 2.43. The SMILES string of the molecule is CS(O)(O)c1ccc(Cl)cc1. The van der Waals surface area contributed by atoms with E-state index in [2.05, 4.69) is 0 Å². The Morgan fingerprint density at radius 1 is 1.18 bits per heavy atom. The third-order valence-corrected chi connectivity index (χ3v) is 2.68. The van der Waals surface area contributed by atoms with Crippen molar-refractivity contribution in [2.75, 3.05) is 6.26 Å². The lowest BCUT2D eigenvalue weighted by Gasteiger charge is -2.26. The zero-order valence-electron chi connectivity index (χ0n) is 5.99. The highest BCUT2D eigenvalue weighted by atomic mass is 35.5. The maximum Gasteiger partial charge on any atom is 0.0581 e. The first-order chi connectivity index (χ1) is 5.00. The molecule has 2 nitrogen and oxygen atoms in total. The smallest absolute Gasteiger partial charge is 0.0581 e. The first kappa shape index (κ1) is 8.87. The van der Waals surface area contributed by atoms with Crippen LogP contribution in [0.3, 0.4) is 0 Å². The molecule has 0 amide bonds. The molecule has 4 heteroatoms. The summed E-state index contributed by atoms with van der Waals surface area (Å²) in [5, 5.41) is 0.595. The zero-order valence-corrected chi connectivity index (χ0v) is 7.56. The van der Waals surface area contributed by atoms with Gasteiger partial charge in [0.1, 0.15) is 0 Å². The summed E-state index contributed by atoms with van der Waals surface area (Å²) in [5.74, 6) is 0. The molecule has 11 heavy (non-hydrogen) atoms. The van der Waals surface area contributed by atoms with E-state index in [-0.39, 0.29) is 0 Å². The second-order valence-corrected chi connectivity index (χ2v) is 4.86. The van der Waals surface area contributed by atoms with Crippen molar-refractivity contribution in [3.05, 3.63) is 29.3 Å². The van der Waals surface area contributed by atoms with Crippen LogP contribution < -0.4 is 0 Å². The Balaban J connectivity index is 2.99. The molecule has 62 valence electrons. The van der Waals surface area contributed by atoms with E-state index in [0.29, 0.717) is 9.92 Å². The third kappa shape index (κ3) is 2.38. The Morgan fingerprint density at radius 3 is 2.00 bits per heavy atom. The predicted octanol–water partition coefficient (Wildman–Crippen LogP) is 3.08. The minimum atomic E-state index is -2.58. The van der Waals surface area contributed by atoms with Gasteiger partial charge >= 0.3 is 0 Å². The van der Waals surface area contributed by atoms with Gasteiger partial charge in [0.2, 0.25) is 0 Å². The van der Waals surface area contributed by atoms with E-state index >= 15 is 0 Å². The summed E-state index contributed by atoms with van der Waals surface area (Å²) in [7, 11) is -2.58. The molecule has 0 fully saturated rings. The largest absolute Gasteiger partial charge is 0.295 e. The third-order valence-electron chi connectivity index (χ3n) is 1.26. The quantitative estimate of drug-likeness (QED) is 0.718. The summed E-state index contributed by atoms with van der Waals surface area (Å²) in [6, 6.07) is 6.48. The molecule has 0 spiro atoms. The Labute approximate surface area is 72.2 Å². The first-order valence-electron chi connectivity index (χ1n) is 2.99. The summed E-state index contributed by atoms with van der Waals surface area (Å²) in [4.78, 5) is 0.516. The lowest BCUT2D eigenvalue weighted by Crippen LogP contribution is -1.93. The minimum absolute atomic E-state index is 0.516. The summed E-state index contributed by atoms with van der Waals surface area (Å²) in [6.45, 7) is 0. The van der Waals surface area contributed by atoms with E-state index < -0.39 is 10.6 Å². The molecule has 0 aliphatic rings. The fraction of sp³-hybridized carbons (Fsp3) is 0.143. The number of rotatable bonds is 1. The van der Waals surface area contributed by atoms with Gasteiger partial charge in [-0.1, -0.05) is 11.6 Å². The van der Waals surface area contributed by atoms with Crippen LogP contribution in [0, 0.1) is 0 Å². The molecule has 1 aromatic carbocycles. The van der Waals surface area contributed by atoms with Crippen LogP contribution in [-0.4, -0.2) is 15.4 Å². The molecule has 0 radical (unpaired) electrons. The van der Waals surface area contributed by atoms with Gasteiger partial charge in [-0.05, 0) is 24.3 Å². The van der Waals surface area contributed by atoms with E-state index in [1.165, 1.54) is 6.26 Å². The number of halogens is 1. The van der Waals surface area contributed by atoms with E-state index in [0.717, 1.165) is 0 Å². The molecular formula is C7H9ClO2S. The Hall–Kier alpha value is -0.220. The summed E-state index contributed by atoms with van der Waals surface area (Å²) in [5.41, 5.74) is 0. The number of benzene rings is 1. The highest BCUT2D eigenvalue weighted by molar-refractivity contribution is 8.23. The average molecular weight is 193 g/mol. The van der Waals surface area contributed by atoms with Gasteiger partial charge in [-0.3, -0.25) is 9.11 Å². The molecule has 0 saturated heterocycles. The molecule has 0 heterocycles. The van der Waals surface area contributed by atoms with Crippen molar-refractivity contribution in [1.82, 2.24) is 0 Å². The van der Waals surface area contributed by atoms with Crippen LogP contribution in [0.25, 0.3) is 0 Å². The second kappa shape index (κ2) is 3.03. The topological polar surface area (TPSA) is 40.5 Å². The summed E-state index contributed by atoms with van der Waals surface area (Å²) < 4.78 is 18.4. The van der Waals surface area contributed by atoms with Crippen LogP contribution in [0.4, 0.5) is 0 Å². The van der Waals surface area contributed by atoms with Gasteiger partial charge in [0.25, 0.3) is 0 Å². The molecular weight excluding hydrogens is 184 g/mol. The van der Waals surface area contributed by atoms with Crippen LogP contribution in [0.5, 0.6) is 0 Å². The molecule has 0 aliphatic heterocycles. The van der Waals surface area contributed by atoms with E-state index in [1.807, 2.05) is 0 Å². The lowest BCUT2D eigenvalue weighted by atomic mass is 10.4. The fourth-order valence-corrected chi connectivity index (χ4v) is 1.47. The van der Waals surface area contributed by atoms with Crippen LogP contribution >= 0.6 is 22.2 Å². The molecule has 0 aliphatic carbocycles. The van der Waals surface area contributed by atoms with Crippen molar-refractivity contribution in [1.29, 1.82) is 0 Å². The molecule has 2 N–H and O–H groups in total. The molecule has 0 aromatic heterocycles. The Kier molecular flexibility index (Phi) is 2.44. The number of hydrogen-bond donors (Lipinski definition) is 2. The maximum atomic E-state index is 9.18. The average Bonchev–Trinajstić information content (AvgIpc) is 1.86. The Morgan fingerprint density at radius 2 is 1.64 bits per heavy atom. The van der Waals surface area contributed by atoms with E-state index in [1.54, 1.807) is 24.3 Å². The van der Waals surface area contributed by atoms with E-state index in [4.69, 9.17) is 11.6 Å². The molecule has 0 bridgehead atoms. The monoisotopic (exact) mass is 192 g/mol. The Bertz CT molecular complexity index is 240. The predicted molar refractivity (Wildman–Crippen MR) is 48.5 cm³/mol. The van der Waals surface area contributed by atoms with Gasteiger partial charge in [-0.15, -0.1) is 0 Å². The molecule has 0 atom stereocenters. The number of hydrogen-bond acceptors (Lipinski definition) is 2. The van der Waals surface area contributed by atoms with Crippen molar-refractivity contribution < 1.29 is 9.11 Å². The van der Waals surface area contributed by atoms with Crippen LogP contribution in [0.1, 0.15) is 0 Å². The van der Waals surface area contributed by atoms with Gasteiger partial charge in [0.05, 0.1) is 4.90 Å². The fourth-order valence-electron chi connectivity index (χ4n) is 0.692. The van der Waals surface area contributed by atoms with Gasteiger partial charge in [-0.25, -0.2) is 0 Å².